The molecule has 1 aromatic heterocycles. The summed E-state index contributed by atoms with van der Waals surface area (Å²) in [6.07, 6.45) is -0.551. The molecule has 1 N–H and O–H groups in total. The number of aryl methyl sites for hydroxylation is 3. The minimum absolute atomic E-state index is 0.551. The molecule has 0 radical (unpaired) electrons. The van der Waals surface area contributed by atoms with Crippen LogP contribution in [0, 0.1) is 20.8 Å². The maximum Gasteiger partial charge on any atom is 0.113 e. The fourth-order valence-corrected chi connectivity index (χ4v) is 3.09. The van der Waals surface area contributed by atoms with Crippen molar-refractivity contribution >= 4 is 22.9 Å². The summed E-state index contributed by atoms with van der Waals surface area (Å²) >= 11 is 7.63. The first-order valence-corrected chi connectivity index (χ1v) is 6.69. The lowest BCUT2D eigenvalue weighted by molar-refractivity contribution is 0.223. The van der Waals surface area contributed by atoms with Crippen molar-refractivity contribution in [3.63, 3.8) is 0 Å². The van der Waals surface area contributed by atoms with Crippen LogP contribution in [-0.4, -0.2) is 5.11 Å². The van der Waals surface area contributed by atoms with Gasteiger partial charge < -0.3 is 5.11 Å². The van der Waals surface area contributed by atoms with Crippen LogP contribution >= 0.6 is 22.9 Å². The van der Waals surface area contributed by atoms with Crippen molar-refractivity contribution < 1.29 is 5.11 Å². The molecule has 0 bridgehead atoms. The average molecular weight is 267 g/mol. The minimum Gasteiger partial charge on any atom is -0.383 e. The Bertz CT molecular complexity index is 545. The zero-order valence-corrected chi connectivity index (χ0v) is 11.7. The van der Waals surface area contributed by atoms with Gasteiger partial charge in [0.25, 0.3) is 0 Å². The third-order valence-corrected chi connectivity index (χ3v) is 4.45. The topological polar surface area (TPSA) is 20.2 Å². The van der Waals surface area contributed by atoms with Gasteiger partial charge in [-0.15, -0.1) is 11.3 Å². The molecule has 2 rings (SSSR count). The average Bonchev–Trinajstić information content (AvgIpc) is 2.61. The van der Waals surface area contributed by atoms with Crippen molar-refractivity contribution in [2.24, 2.45) is 0 Å². The maximum absolute atomic E-state index is 10.4. The summed E-state index contributed by atoms with van der Waals surface area (Å²) in [6.45, 7) is 6.04. The number of hydrogen-bond donors (Lipinski definition) is 1. The van der Waals surface area contributed by atoms with Crippen molar-refractivity contribution in [1.82, 2.24) is 0 Å². The molecule has 0 spiro atoms. The molecule has 1 heterocycles. The molecule has 1 unspecified atom stereocenters. The highest BCUT2D eigenvalue weighted by molar-refractivity contribution is 7.12. The standard InChI is InChI=1S/C14H15ClOS/c1-8-7-11(4-5-12(8)15)13(16)14-9(2)6-10(3)17-14/h4-7,13,16H,1-3H3. The van der Waals surface area contributed by atoms with E-state index in [0.29, 0.717) is 0 Å². The van der Waals surface area contributed by atoms with E-state index in [9.17, 15) is 5.11 Å². The van der Waals surface area contributed by atoms with Gasteiger partial charge in [-0.2, -0.15) is 0 Å². The van der Waals surface area contributed by atoms with Gasteiger partial charge in [0.15, 0.2) is 0 Å². The molecule has 3 heteroatoms. The van der Waals surface area contributed by atoms with Crippen molar-refractivity contribution in [3.8, 4) is 0 Å². The smallest absolute Gasteiger partial charge is 0.113 e. The SMILES string of the molecule is Cc1cc(C)c(C(O)c2ccc(Cl)c(C)c2)s1. The summed E-state index contributed by atoms with van der Waals surface area (Å²) in [7, 11) is 0. The summed E-state index contributed by atoms with van der Waals surface area (Å²) < 4.78 is 0. The number of aliphatic hydroxyl groups is 1. The van der Waals surface area contributed by atoms with E-state index in [0.717, 1.165) is 26.6 Å². The Hall–Kier alpha value is -0.830. The molecule has 1 aromatic carbocycles. The number of rotatable bonds is 2. The lowest BCUT2D eigenvalue weighted by Crippen LogP contribution is -1.99. The van der Waals surface area contributed by atoms with Crippen LogP contribution in [0.2, 0.25) is 5.02 Å². The maximum atomic E-state index is 10.4. The van der Waals surface area contributed by atoms with Gasteiger partial charge >= 0.3 is 0 Å². The molecule has 17 heavy (non-hydrogen) atoms. The van der Waals surface area contributed by atoms with Crippen LogP contribution < -0.4 is 0 Å². The first-order chi connectivity index (χ1) is 7.99. The Kier molecular flexibility index (Phi) is 3.57. The van der Waals surface area contributed by atoms with Crippen molar-refractivity contribution in [1.29, 1.82) is 0 Å². The molecule has 1 nitrogen and oxygen atoms in total. The van der Waals surface area contributed by atoms with Gasteiger partial charge in [0.05, 0.1) is 0 Å². The highest BCUT2D eigenvalue weighted by atomic mass is 35.5. The van der Waals surface area contributed by atoms with E-state index >= 15 is 0 Å². The summed E-state index contributed by atoms with van der Waals surface area (Å²) in [6, 6.07) is 7.77. The number of halogens is 1. The quantitative estimate of drug-likeness (QED) is 0.854. The lowest BCUT2D eigenvalue weighted by atomic mass is 10.0. The lowest BCUT2D eigenvalue weighted by Gasteiger charge is -2.11. The van der Waals surface area contributed by atoms with Crippen LogP contribution in [0.4, 0.5) is 0 Å². The van der Waals surface area contributed by atoms with Gasteiger partial charge in [-0.1, -0.05) is 23.7 Å². The molecule has 2 aromatic rings. The largest absolute Gasteiger partial charge is 0.383 e. The molecular weight excluding hydrogens is 252 g/mol. The zero-order chi connectivity index (χ0) is 12.6. The number of benzene rings is 1. The van der Waals surface area contributed by atoms with Crippen molar-refractivity contribution in [2.45, 2.75) is 26.9 Å². The van der Waals surface area contributed by atoms with Gasteiger partial charge in [-0.3, -0.25) is 0 Å². The van der Waals surface area contributed by atoms with Crippen LogP contribution in [0.5, 0.6) is 0 Å². The molecule has 1 atom stereocenters. The van der Waals surface area contributed by atoms with Gasteiger partial charge in [0.2, 0.25) is 0 Å². The third-order valence-electron chi connectivity index (χ3n) is 2.83. The molecule has 0 aliphatic carbocycles. The first kappa shape index (κ1) is 12.6. The molecule has 0 aliphatic heterocycles. The number of thiophene rings is 1. The van der Waals surface area contributed by atoms with Gasteiger partial charge in [-0.25, -0.2) is 0 Å². The Labute approximate surface area is 111 Å². The van der Waals surface area contributed by atoms with Crippen molar-refractivity contribution in [2.75, 3.05) is 0 Å². The van der Waals surface area contributed by atoms with E-state index in [1.165, 1.54) is 4.88 Å². The molecule has 0 fully saturated rings. The molecule has 0 saturated carbocycles. The van der Waals surface area contributed by atoms with Gasteiger partial charge in [0, 0.05) is 14.8 Å². The predicted octanol–water partition coefficient (Wildman–Crippen LogP) is 4.41. The van der Waals surface area contributed by atoms with Gasteiger partial charge in [0.1, 0.15) is 6.10 Å². The van der Waals surface area contributed by atoms with E-state index in [-0.39, 0.29) is 0 Å². The second kappa shape index (κ2) is 4.81. The summed E-state index contributed by atoms with van der Waals surface area (Å²) in [5.74, 6) is 0. The monoisotopic (exact) mass is 266 g/mol. The summed E-state index contributed by atoms with van der Waals surface area (Å²) in [4.78, 5) is 2.24. The van der Waals surface area contributed by atoms with E-state index in [4.69, 9.17) is 11.6 Å². The van der Waals surface area contributed by atoms with Crippen LogP contribution in [-0.2, 0) is 0 Å². The van der Waals surface area contributed by atoms with Crippen LogP contribution in [0.3, 0.4) is 0 Å². The second-order valence-corrected chi connectivity index (χ2v) is 6.01. The Morgan fingerprint density at radius 2 is 1.82 bits per heavy atom. The van der Waals surface area contributed by atoms with Crippen LogP contribution in [0.25, 0.3) is 0 Å². The Morgan fingerprint density at radius 3 is 2.35 bits per heavy atom. The van der Waals surface area contributed by atoms with E-state index in [1.807, 2.05) is 32.0 Å². The normalized spacial score (nSPS) is 12.8. The fraction of sp³-hybridized carbons (Fsp3) is 0.286. The molecule has 90 valence electrons. The molecular formula is C14H15ClOS. The van der Waals surface area contributed by atoms with Crippen molar-refractivity contribution in [3.05, 3.63) is 55.7 Å². The highest BCUT2D eigenvalue weighted by Crippen LogP contribution is 2.32. The Morgan fingerprint density at radius 1 is 1.12 bits per heavy atom. The minimum atomic E-state index is -0.551. The van der Waals surface area contributed by atoms with E-state index < -0.39 is 6.10 Å². The molecule has 0 aliphatic rings. The van der Waals surface area contributed by atoms with Crippen LogP contribution in [0.1, 0.15) is 32.5 Å². The molecule has 0 amide bonds. The third kappa shape index (κ3) is 2.54. The van der Waals surface area contributed by atoms with Gasteiger partial charge in [-0.05, 0) is 49.6 Å². The number of hydrogen-bond acceptors (Lipinski definition) is 2. The van der Waals surface area contributed by atoms with Crippen LogP contribution in [0.15, 0.2) is 24.3 Å². The molecule has 0 saturated heterocycles. The number of aliphatic hydroxyl groups excluding tert-OH is 1. The fourth-order valence-electron chi connectivity index (χ4n) is 1.92. The summed E-state index contributed by atoms with van der Waals surface area (Å²) in [5, 5.41) is 11.1. The first-order valence-electron chi connectivity index (χ1n) is 5.50. The Balaban J connectivity index is 2.40. The second-order valence-electron chi connectivity index (χ2n) is 4.32. The zero-order valence-electron chi connectivity index (χ0n) is 10.1. The summed E-state index contributed by atoms with van der Waals surface area (Å²) in [5.41, 5.74) is 3.04. The predicted molar refractivity (Wildman–Crippen MR) is 74.0 cm³/mol. The highest BCUT2D eigenvalue weighted by Gasteiger charge is 2.16. The van der Waals surface area contributed by atoms with E-state index in [1.54, 1.807) is 11.3 Å². The van der Waals surface area contributed by atoms with E-state index in [2.05, 4.69) is 13.0 Å².